The summed E-state index contributed by atoms with van der Waals surface area (Å²) >= 11 is 19.1. The number of rotatable bonds is 3. The van der Waals surface area contributed by atoms with Gasteiger partial charge in [0.15, 0.2) is 5.52 Å². The maximum atomic E-state index is 13.5. The predicted octanol–water partition coefficient (Wildman–Crippen LogP) is 5.41. The zero-order chi connectivity index (χ0) is 19.8. The minimum absolute atomic E-state index is 0.251. The van der Waals surface area contributed by atoms with Gasteiger partial charge in [-0.2, -0.15) is 0 Å². The summed E-state index contributed by atoms with van der Waals surface area (Å²) in [6.07, 6.45) is 3.12. The summed E-state index contributed by atoms with van der Waals surface area (Å²) in [5.74, 6) is -0.423. The van der Waals surface area contributed by atoms with Gasteiger partial charge in [0.25, 0.3) is 5.69 Å². The summed E-state index contributed by atoms with van der Waals surface area (Å²) in [5.41, 5.74) is 2.85. The van der Waals surface area contributed by atoms with Crippen LogP contribution in [0.1, 0.15) is 0 Å². The first-order valence-corrected chi connectivity index (χ1v) is 9.28. The van der Waals surface area contributed by atoms with Crippen LogP contribution >= 0.6 is 34.8 Å². The summed E-state index contributed by atoms with van der Waals surface area (Å²) in [7, 11) is 1.53. The Kier molecular flexibility index (Phi) is 5.06. The van der Waals surface area contributed by atoms with Gasteiger partial charge < -0.3 is 0 Å². The van der Waals surface area contributed by atoms with E-state index in [2.05, 4.69) is 9.97 Å². The van der Waals surface area contributed by atoms with Crippen molar-refractivity contribution >= 4 is 45.7 Å². The van der Waals surface area contributed by atoms with Crippen molar-refractivity contribution in [3.63, 3.8) is 0 Å². The molecule has 0 unspecified atom stereocenters. The van der Waals surface area contributed by atoms with Crippen LogP contribution in [0.15, 0.2) is 55.0 Å². The van der Waals surface area contributed by atoms with Crippen molar-refractivity contribution in [1.29, 1.82) is 0 Å². The second kappa shape index (κ2) is 7.51. The molecule has 0 aliphatic heterocycles. The molecule has 0 saturated carbocycles. The van der Waals surface area contributed by atoms with Crippen molar-refractivity contribution in [2.45, 2.75) is 0 Å². The molecule has 0 N–H and O–H groups in total. The molecule has 0 spiro atoms. The fraction of sp³-hybridized carbons (Fsp3) is 0.0500. The lowest BCUT2D eigenvalue weighted by molar-refractivity contribution is -0.876. The number of aromatic nitrogens is 3. The Morgan fingerprint density at radius 2 is 1.71 bits per heavy atom. The van der Waals surface area contributed by atoms with Gasteiger partial charge in [-0.15, -0.1) is 0 Å². The molecule has 2 aromatic heterocycles. The summed E-state index contributed by atoms with van der Waals surface area (Å²) in [6, 6.07) is 11.2. The molecule has 2 heterocycles. The topological polar surface area (TPSA) is 38.9 Å². The van der Waals surface area contributed by atoms with Crippen LogP contribution in [0.3, 0.4) is 0 Å². The second-order valence-corrected chi connectivity index (χ2v) is 7.10. The molecule has 2 aromatic carbocycles. The molecule has 140 valence electrons. The third kappa shape index (κ3) is 3.15. The molecule has 8 heteroatoms. The number of hydrogen-bond acceptors (Lipinski definition) is 3. The van der Waals surface area contributed by atoms with E-state index in [9.17, 15) is 4.39 Å². The van der Waals surface area contributed by atoms with Crippen LogP contribution < -0.4 is 9.57 Å². The first-order chi connectivity index (χ1) is 13.5. The lowest BCUT2D eigenvalue weighted by Crippen LogP contribution is -2.42. The predicted molar refractivity (Wildman–Crippen MR) is 108 cm³/mol. The smallest absolute Gasteiger partial charge is 0.274 e. The van der Waals surface area contributed by atoms with Crippen molar-refractivity contribution in [2.24, 2.45) is 0 Å². The highest BCUT2D eigenvalue weighted by atomic mass is 35.5. The van der Waals surface area contributed by atoms with E-state index in [0.29, 0.717) is 43.5 Å². The molecule has 0 fully saturated rings. The summed E-state index contributed by atoms with van der Waals surface area (Å²) in [4.78, 5) is 14.3. The largest absolute Gasteiger partial charge is 0.293 e. The van der Waals surface area contributed by atoms with Gasteiger partial charge in [0.05, 0.1) is 26.3 Å². The van der Waals surface area contributed by atoms with E-state index in [1.54, 1.807) is 36.5 Å². The molecule has 0 amide bonds. The number of pyridine rings is 1. The number of hydrogen-bond donors (Lipinski definition) is 0. The molecule has 4 rings (SSSR count). The van der Waals surface area contributed by atoms with E-state index in [-0.39, 0.29) is 5.02 Å². The second-order valence-electron chi connectivity index (χ2n) is 5.88. The van der Waals surface area contributed by atoms with Gasteiger partial charge in [0.2, 0.25) is 6.20 Å². The van der Waals surface area contributed by atoms with E-state index in [1.807, 2.05) is 0 Å². The maximum Gasteiger partial charge on any atom is 0.293 e. The van der Waals surface area contributed by atoms with Gasteiger partial charge in [-0.3, -0.25) is 4.84 Å². The lowest BCUT2D eigenvalue weighted by Gasteiger charge is -2.10. The van der Waals surface area contributed by atoms with Crippen molar-refractivity contribution in [2.75, 3.05) is 7.11 Å². The molecule has 0 aliphatic rings. The third-order valence-electron chi connectivity index (χ3n) is 4.29. The Morgan fingerprint density at radius 3 is 2.39 bits per heavy atom. The highest BCUT2D eigenvalue weighted by Crippen LogP contribution is 2.38. The van der Waals surface area contributed by atoms with Crippen molar-refractivity contribution in [3.8, 4) is 22.5 Å². The molecule has 0 atom stereocenters. The maximum absolute atomic E-state index is 13.5. The average molecular weight is 436 g/mol. The van der Waals surface area contributed by atoms with Gasteiger partial charge in [0, 0.05) is 21.7 Å². The minimum Gasteiger partial charge on any atom is -0.274 e. The Hall–Kier alpha value is -2.47. The highest BCUT2D eigenvalue weighted by Gasteiger charge is 2.27. The standard InChI is InChI=1S/C20H12Cl3FN3O/c1-28-27-8-7-13-18(12-6-5-11(24)9-16(12)23)25-10-26-19(13)20(27)17-14(21)3-2-4-15(17)22/h2-10H,1H3/q+1. The van der Waals surface area contributed by atoms with Crippen LogP contribution in [0.25, 0.3) is 33.4 Å². The normalized spacial score (nSPS) is 11.0. The van der Waals surface area contributed by atoms with Crippen LogP contribution in [0.2, 0.25) is 15.1 Å². The Balaban J connectivity index is 2.09. The zero-order valence-corrected chi connectivity index (χ0v) is 16.7. The summed E-state index contributed by atoms with van der Waals surface area (Å²) in [5, 5.41) is 1.84. The van der Waals surface area contributed by atoms with Gasteiger partial charge in [0.1, 0.15) is 19.3 Å². The molecular weight excluding hydrogens is 424 g/mol. The fourth-order valence-corrected chi connectivity index (χ4v) is 3.90. The van der Waals surface area contributed by atoms with E-state index in [0.717, 1.165) is 0 Å². The van der Waals surface area contributed by atoms with E-state index in [4.69, 9.17) is 39.6 Å². The molecule has 0 radical (unpaired) electrons. The molecule has 0 bridgehead atoms. The highest BCUT2D eigenvalue weighted by molar-refractivity contribution is 6.39. The Bertz CT molecular complexity index is 1200. The van der Waals surface area contributed by atoms with Gasteiger partial charge in [-0.25, -0.2) is 14.4 Å². The van der Waals surface area contributed by atoms with Gasteiger partial charge >= 0.3 is 0 Å². The fourth-order valence-electron chi connectivity index (χ4n) is 3.06. The molecule has 4 nitrogen and oxygen atoms in total. The molecule has 4 aromatic rings. The van der Waals surface area contributed by atoms with E-state index >= 15 is 0 Å². The molecule has 0 saturated heterocycles. The quantitative estimate of drug-likeness (QED) is 0.404. The molecular formula is C20H12Cl3FN3O+. The average Bonchev–Trinajstić information content (AvgIpc) is 2.67. The first-order valence-electron chi connectivity index (χ1n) is 8.15. The van der Waals surface area contributed by atoms with Crippen LogP contribution in [0, 0.1) is 5.82 Å². The minimum atomic E-state index is -0.423. The SMILES string of the molecule is CO[n+]1ccc2c(-c3ccc(F)cc3Cl)ncnc2c1-c1c(Cl)cccc1Cl. The zero-order valence-electron chi connectivity index (χ0n) is 14.5. The monoisotopic (exact) mass is 434 g/mol. The van der Waals surface area contributed by atoms with Crippen molar-refractivity contribution < 1.29 is 14.0 Å². The van der Waals surface area contributed by atoms with E-state index in [1.165, 1.54) is 30.3 Å². The summed E-state index contributed by atoms with van der Waals surface area (Å²) < 4.78 is 15.0. The van der Waals surface area contributed by atoms with Crippen LogP contribution in [0.5, 0.6) is 0 Å². The Morgan fingerprint density at radius 1 is 0.964 bits per heavy atom. The summed E-state index contributed by atoms with van der Waals surface area (Å²) in [6.45, 7) is 0. The third-order valence-corrected chi connectivity index (χ3v) is 5.23. The van der Waals surface area contributed by atoms with Crippen LogP contribution in [-0.2, 0) is 0 Å². The first kappa shape index (κ1) is 18.9. The molecule has 0 aliphatic carbocycles. The number of benzene rings is 2. The number of halogens is 4. The van der Waals surface area contributed by atoms with Gasteiger partial charge in [-0.05, 0) is 30.3 Å². The van der Waals surface area contributed by atoms with Gasteiger partial charge in [-0.1, -0.05) is 40.9 Å². The van der Waals surface area contributed by atoms with Crippen LogP contribution in [0.4, 0.5) is 4.39 Å². The number of fused-ring (bicyclic) bond motifs is 1. The van der Waals surface area contributed by atoms with Crippen molar-refractivity contribution in [1.82, 2.24) is 9.97 Å². The lowest BCUT2D eigenvalue weighted by atomic mass is 10.0. The molecule has 28 heavy (non-hydrogen) atoms. The van der Waals surface area contributed by atoms with E-state index < -0.39 is 5.82 Å². The van der Waals surface area contributed by atoms with Crippen LogP contribution in [-0.4, -0.2) is 17.1 Å². The van der Waals surface area contributed by atoms with Crippen molar-refractivity contribution in [3.05, 3.63) is 75.9 Å². The number of nitrogens with zero attached hydrogens (tertiary/aromatic N) is 3. The Labute approximate surface area is 175 Å².